The Morgan fingerprint density at radius 2 is 1.70 bits per heavy atom. The van der Waals surface area contributed by atoms with Crippen molar-refractivity contribution in [1.82, 2.24) is 15.0 Å². The Kier molecular flexibility index (Phi) is 2.49. The molecule has 0 amide bonds. The summed E-state index contributed by atoms with van der Waals surface area (Å²) < 4.78 is 0. The van der Waals surface area contributed by atoms with E-state index in [1.165, 1.54) is 5.56 Å². The van der Waals surface area contributed by atoms with Crippen LogP contribution >= 0.6 is 0 Å². The van der Waals surface area contributed by atoms with Gasteiger partial charge in [0.25, 0.3) is 0 Å². The Labute approximate surface area is 116 Å². The van der Waals surface area contributed by atoms with E-state index in [9.17, 15) is 0 Å². The lowest BCUT2D eigenvalue weighted by Gasteiger charge is -2.05. The van der Waals surface area contributed by atoms with Crippen molar-refractivity contribution in [1.29, 1.82) is 0 Å². The van der Waals surface area contributed by atoms with Crippen molar-refractivity contribution >= 4 is 21.9 Å². The highest BCUT2D eigenvalue weighted by atomic mass is 14.9. The van der Waals surface area contributed by atoms with Crippen molar-refractivity contribution in [2.45, 2.75) is 6.42 Å². The van der Waals surface area contributed by atoms with Gasteiger partial charge in [0.05, 0.1) is 28.6 Å². The molecule has 0 aliphatic heterocycles. The van der Waals surface area contributed by atoms with Crippen molar-refractivity contribution < 1.29 is 0 Å². The Morgan fingerprint density at radius 1 is 0.900 bits per heavy atom. The molecule has 0 bridgehead atoms. The van der Waals surface area contributed by atoms with Crippen molar-refractivity contribution in [3.8, 4) is 0 Å². The van der Waals surface area contributed by atoms with E-state index in [0.717, 1.165) is 34.1 Å². The molecule has 0 aliphatic carbocycles. The molecule has 20 heavy (non-hydrogen) atoms. The van der Waals surface area contributed by atoms with Gasteiger partial charge in [0, 0.05) is 11.8 Å². The summed E-state index contributed by atoms with van der Waals surface area (Å²) in [6.07, 6.45) is 2.55. The van der Waals surface area contributed by atoms with E-state index in [0.29, 0.717) is 0 Å². The molecule has 2 heterocycles. The number of hydrogen-bond acceptors (Lipinski definition) is 2. The van der Waals surface area contributed by atoms with Crippen LogP contribution in [-0.2, 0) is 6.42 Å². The summed E-state index contributed by atoms with van der Waals surface area (Å²) in [5.74, 6) is 0. The molecule has 0 saturated heterocycles. The van der Waals surface area contributed by atoms with Crippen LogP contribution in [0.2, 0.25) is 0 Å². The second-order valence-corrected chi connectivity index (χ2v) is 4.86. The largest absolute Gasteiger partial charge is 0.343 e. The summed E-state index contributed by atoms with van der Waals surface area (Å²) in [6.45, 7) is 0. The number of benzene rings is 2. The summed E-state index contributed by atoms with van der Waals surface area (Å²) in [5.41, 5.74) is 5.33. The van der Waals surface area contributed by atoms with Gasteiger partial charge in [0.2, 0.25) is 0 Å². The fourth-order valence-corrected chi connectivity index (χ4v) is 2.61. The Balaban J connectivity index is 1.95. The summed E-state index contributed by atoms with van der Waals surface area (Å²) >= 11 is 0. The fourth-order valence-electron chi connectivity index (χ4n) is 2.61. The van der Waals surface area contributed by atoms with Gasteiger partial charge in [-0.2, -0.15) is 0 Å². The monoisotopic (exact) mass is 259 g/mol. The SMILES string of the molecule is c1ccc(Cc2nc3ccccc3c3nc[nH]c23)cc1. The average Bonchev–Trinajstić information content (AvgIpc) is 2.98. The molecular weight excluding hydrogens is 246 g/mol. The number of aromatic nitrogens is 3. The second-order valence-electron chi connectivity index (χ2n) is 4.86. The van der Waals surface area contributed by atoms with Crippen LogP contribution < -0.4 is 0 Å². The third-order valence-corrected chi connectivity index (χ3v) is 3.56. The Bertz CT molecular complexity index is 878. The minimum Gasteiger partial charge on any atom is -0.343 e. The number of H-pyrrole nitrogens is 1. The molecule has 3 nitrogen and oxygen atoms in total. The summed E-state index contributed by atoms with van der Waals surface area (Å²) in [6, 6.07) is 18.5. The van der Waals surface area contributed by atoms with Crippen LogP contribution in [-0.4, -0.2) is 15.0 Å². The predicted octanol–water partition coefficient (Wildman–Crippen LogP) is 3.70. The van der Waals surface area contributed by atoms with Crippen LogP contribution in [0.15, 0.2) is 60.9 Å². The maximum Gasteiger partial charge on any atom is 0.0995 e. The van der Waals surface area contributed by atoms with E-state index in [-0.39, 0.29) is 0 Å². The van der Waals surface area contributed by atoms with Crippen LogP contribution in [0.3, 0.4) is 0 Å². The summed E-state index contributed by atoms with van der Waals surface area (Å²) in [7, 11) is 0. The number of fused-ring (bicyclic) bond motifs is 3. The molecule has 96 valence electrons. The standard InChI is InChI=1S/C17H13N3/c1-2-6-12(7-3-1)10-15-17-16(18-11-19-17)13-8-4-5-9-14(13)20-15/h1-9,11H,10H2,(H,18,19). The quantitative estimate of drug-likeness (QED) is 0.596. The minimum atomic E-state index is 0.810. The normalized spacial score (nSPS) is 11.2. The molecule has 4 aromatic rings. The van der Waals surface area contributed by atoms with E-state index in [4.69, 9.17) is 4.98 Å². The lowest BCUT2D eigenvalue weighted by molar-refractivity contribution is 1.11. The first-order chi connectivity index (χ1) is 9.92. The first-order valence-electron chi connectivity index (χ1n) is 6.66. The number of rotatable bonds is 2. The number of nitrogens with zero attached hydrogens (tertiary/aromatic N) is 2. The first-order valence-corrected chi connectivity index (χ1v) is 6.66. The molecule has 0 spiro atoms. The highest BCUT2D eigenvalue weighted by molar-refractivity contribution is 6.02. The molecule has 0 fully saturated rings. The summed E-state index contributed by atoms with van der Waals surface area (Å²) in [5, 5.41) is 1.10. The molecule has 0 atom stereocenters. The molecular formula is C17H13N3. The van der Waals surface area contributed by atoms with Gasteiger partial charge in [-0.25, -0.2) is 4.98 Å². The van der Waals surface area contributed by atoms with Crippen LogP contribution in [0.1, 0.15) is 11.3 Å². The van der Waals surface area contributed by atoms with Gasteiger partial charge in [0.15, 0.2) is 0 Å². The highest BCUT2D eigenvalue weighted by Gasteiger charge is 2.10. The van der Waals surface area contributed by atoms with E-state index in [2.05, 4.69) is 40.3 Å². The van der Waals surface area contributed by atoms with Crippen molar-refractivity contribution in [2.24, 2.45) is 0 Å². The lowest BCUT2D eigenvalue weighted by atomic mass is 10.1. The molecule has 4 rings (SSSR count). The molecule has 0 aliphatic rings. The molecule has 2 aromatic carbocycles. The minimum absolute atomic E-state index is 0.810. The maximum absolute atomic E-state index is 4.80. The van der Waals surface area contributed by atoms with Crippen LogP contribution in [0.5, 0.6) is 0 Å². The lowest BCUT2D eigenvalue weighted by Crippen LogP contribution is -1.95. The predicted molar refractivity (Wildman–Crippen MR) is 80.6 cm³/mol. The third kappa shape index (κ3) is 1.75. The average molecular weight is 259 g/mol. The van der Waals surface area contributed by atoms with E-state index in [1.807, 2.05) is 24.3 Å². The van der Waals surface area contributed by atoms with Gasteiger partial charge in [-0.1, -0.05) is 48.5 Å². The van der Waals surface area contributed by atoms with Crippen molar-refractivity contribution in [3.05, 3.63) is 72.2 Å². The Morgan fingerprint density at radius 3 is 2.60 bits per heavy atom. The molecule has 0 saturated carbocycles. The summed E-state index contributed by atoms with van der Waals surface area (Å²) in [4.78, 5) is 12.5. The number of hydrogen-bond donors (Lipinski definition) is 1. The van der Waals surface area contributed by atoms with Gasteiger partial charge in [-0.05, 0) is 11.6 Å². The molecule has 2 aromatic heterocycles. The zero-order valence-corrected chi connectivity index (χ0v) is 10.9. The van der Waals surface area contributed by atoms with E-state index < -0.39 is 0 Å². The third-order valence-electron chi connectivity index (χ3n) is 3.56. The smallest absolute Gasteiger partial charge is 0.0995 e. The van der Waals surface area contributed by atoms with Crippen LogP contribution in [0, 0.1) is 0 Å². The Hall–Kier alpha value is -2.68. The van der Waals surface area contributed by atoms with Gasteiger partial charge in [0.1, 0.15) is 0 Å². The number of nitrogens with one attached hydrogen (secondary N) is 1. The second kappa shape index (κ2) is 4.46. The fraction of sp³-hybridized carbons (Fsp3) is 0.0588. The number of aromatic amines is 1. The van der Waals surface area contributed by atoms with Gasteiger partial charge < -0.3 is 4.98 Å². The molecule has 3 heteroatoms. The van der Waals surface area contributed by atoms with E-state index in [1.54, 1.807) is 6.33 Å². The molecule has 0 radical (unpaired) electrons. The molecule has 0 unspecified atom stereocenters. The van der Waals surface area contributed by atoms with Gasteiger partial charge >= 0.3 is 0 Å². The van der Waals surface area contributed by atoms with E-state index >= 15 is 0 Å². The zero-order chi connectivity index (χ0) is 13.4. The number of para-hydroxylation sites is 1. The number of pyridine rings is 1. The molecule has 1 N–H and O–H groups in total. The zero-order valence-electron chi connectivity index (χ0n) is 10.9. The van der Waals surface area contributed by atoms with Crippen molar-refractivity contribution in [2.75, 3.05) is 0 Å². The topological polar surface area (TPSA) is 41.6 Å². The van der Waals surface area contributed by atoms with Crippen LogP contribution in [0.25, 0.3) is 21.9 Å². The van der Waals surface area contributed by atoms with Gasteiger partial charge in [-0.3, -0.25) is 4.98 Å². The maximum atomic E-state index is 4.80. The van der Waals surface area contributed by atoms with Crippen LogP contribution in [0.4, 0.5) is 0 Å². The number of imidazole rings is 1. The van der Waals surface area contributed by atoms with Gasteiger partial charge in [-0.15, -0.1) is 0 Å². The first kappa shape index (κ1) is 11.2. The van der Waals surface area contributed by atoms with Crippen molar-refractivity contribution in [3.63, 3.8) is 0 Å². The highest BCUT2D eigenvalue weighted by Crippen LogP contribution is 2.24.